The lowest BCUT2D eigenvalue weighted by Gasteiger charge is -1.99. The molecule has 0 heterocycles. The van der Waals surface area contributed by atoms with Crippen molar-refractivity contribution in [3.63, 3.8) is 0 Å². The Kier molecular flexibility index (Phi) is 2.52. The fourth-order valence-electron chi connectivity index (χ4n) is 1.02. The van der Waals surface area contributed by atoms with Gasteiger partial charge in [0.15, 0.2) is 0 Å². The number of nitro benzene ring substituents is 1. The summed E-state index contributed by atoms with van der Waals surface area (Å²) in [7, 11) is -4.80. The second-order valence-electron chi connectivity index (χ2n) is 2.64. The van der Waals surface area contributed by atoms with Gasteiger partial charge >= 0.3 is 10.2 Å². The number of hydrogen-bond donors (Lipinski definition) is 0. The Balaban J connectivity index is 3.35. The molecule has 0 aromatic heterocycles. The van der Waals surface area contributed by atoms with E-state index in [2.05, 4.69) is 0 Å². The Morgan fingerprint density at radius 2 is 2.00 bits per heavy atom. The van der Waals surface area contributed by atoms with Gasteiger partial charge in [0.25, 0.3) is 5.69 Å². The zero-order valence-electron chi connectivity index (χ0n) is 7.10. The largest absolute Gasteiger partial charge is 0.332 e. The lowest BCUT2D eigenvalue weighted by atomic mass is 10.2. The average molecular weight is 219 g/mol. The molecule has 1 rings (SSSR count). The highest BCUT2D eigenvalue weighted by molar-refractivity contribution is 7.86. The first-order valence-corrected chi connectivity index (χ1v) is 4.90. The third kappa shape index (κ3) is 2.05. The fourth-order valence-corrected chi connectivity index (χ4v) is 1.69. The van der Waals surface area contributed by atoms with Crippen LogP contribution in [-0.4, -0.2) is 13.3 Å². The highest BCUT2D eigenvalue weighted by Gasteiger charge is 2.17. The number of halogens is 1. The number of nitrogens with zero attached hydrogens (tertiary/aromatic N) is 1. The maximum Gasteiger partial charge on any atom is 0.332 e. The molecule has 0 spiro atoms. The number of hydrogen-bond acceptors (Lipinski definition) is 4. The molecule has 1 aromatic rings. The molecule has 0 N–H and O–H groups in total. The molecule has 0 aliphatic carbocycles. The van der Waals surface area contributed by atoms with Gasteiger partial charge in [0.2, 0.25) is 0 Å². The van der Waals surface area contributed by atoms with Gasteiger partial charge < -0.3 is 0 Å². The van der Waals surface area contributed by atoms with Crippen molar-refractivity contribution in [2.24, 2.45) is 0 Å². The minimum absolute atomic E-state index is 0.0155. The van der Waals surface area contributed by atoms with Crippen LogP contribution in [0, 0.1) is 17.0 Å². The molecule has 0 aliphatic heterocycles. The Labute approximate surface area is 79.5 Å². The van der Waals surface area contributed by atoms with Crippen LogP contribution in [-0.2, 0) is 10.2 Å². The molecular formula is C7H6FNO4S. The van der Waals surface area contributed by atoms with Crippen LogP contribution < -0.4 is 0 Å². The van der Waals surface area contributed by atoms with Crippen molar-refractivity contribution < 1.29 is 17.2 Å². The maximum atomic E-state index is 12.5. The van der Waals surface area contributed by atoms with E-state index in [1.807, 2.05) is 0 Å². The lowest BCUT2D eigenvalue weighted by molar-refractivity contribution is -0.385. The second-order valence-corrected chi connectivity index (χ2v) is 3.96. The van der Waals surface area contributed by atoms with Crippen LogP contribution in [0.4, 0.5) is 9.57 Å². The van der Waals surface area contributed by atoms with E-state index in [1.54, 1.807) is 0 Å². The molecule has 76 valence electrons. The topological polar surface area (TPSA) is 77.3 Å². The molecule has 14 heavy (non-hydrogen) atoms. The monoisotopic (exact) mass is 219 g/mol. The maximum absolute atomic E-state index is 12.5. The summed E-state index contributed by atoms with van der Waals surface area (Å²) >= 11 is 0. The van der Waals surface area contributed by atoms with Crippen LogP contribution >= 0.6 is 0 Å². The summed E-state index contributed by atoms with van der Waals surface area (Å²) in [6.07, 6.45) is 0. The van der Waals surface area contributed by atoms with E-state index in [1.165, 1.54) is 6.92 Å². The summed E-state index contributed by atoms with van der Waals surface area (Å²) < 4.78 is 33.5. The quantitative estimate of drug-likeness (QED) is 0.429. The molecule has 0 fully saturated rings. The van der Waals surface area contributed by atoms with Crippen molar-refractivity contribution >= 4 is 15.9 Å². The van der Waals surface area contributed by atoms with Crippen LogP contribution in [0.5, 0.6) is 0 Å². The first-order valence-electron chi connectivity index (χ1n) is 3.52. The van der Waals surface area contributed by atoms with Gasteiger partial charge in [-0.15, -0.1) is 3.89 Å². The zero-order valence-corrected chi connectivity index (χ0v) is 7.91. The normalized spacial score (nSPS) is 11.3. The van der Waals surface area contributed by atoms with Gasteiger partial charge in [-0.05, 0) is 18.6 Å². The molecule has 0 bridgehead atoms. The first-order chi connectivity index (χ1) is 6.32. The Bertz CT molecular complexity index is 482. The highest BCUT2D eigenvalue weighted by atomic mass is 32.3. The predicted octanol–water partition coefficient (Wildman–Crippen LogP) is 1.56. The summed E-state index contributed by atoms with van der Waals surface area (Å²) in [6, 6.07) is 2.83. The third-order valence-electron chi connectivity index (χ3n) is 1.63. The molecular weight excluding hydrogens is 213 g/mol. The van der Waals surface area contributed by atoms with Gasteiger partial charge in [-0.3, -0.25) is 10.1 Å². The average Bonchev–Trinajstić information content (AvgIpc) is 2.01. The summed E-state index contributed by atoms with van der Waals surface area (Å²) in [6.45, 7) is 1.29. The first kappa shape index (κ1) is 10.6. The van der Waals surface area contributed by atoms with Gasteiger partial charge in [-0.1, -0.05) is 0 Å². The van der Waals surface area contributed by atoms with Crippen molar-refractivity contribution in [3.05, 3.63) is 33.9 Å². The summed E-state index contributed by atoms with van der Waals surface area (Å²) in [5.74, 6) is 0. The molecule has 0 saturated heterocycles. The summed E-state index contributed by atoms with van der Waals surface area (Å²) in [5.41, 5.74) is -0.253. The van der Waals surface area contributed by atoms with Crippen molar-refractivity contribution in [3.8, 4) is 0 Å². The van der Waals surface area contributed by atoms with Gasteiger partial charge in [0.1, 0.15) is 4.90 Å². The molecule has 0 saturated carbocycles. The molecule has 7 heteroatoms. The van der Waals surface area contributed by atoms with E-state index in [0.717, 1.165) is 18.2 Å². The second kappa shape index (κ2) is 3.33. The van der Waals surface area contributed by atoms with Crippen molar-refractivity contribution in [1.29, 1.82) is 0 Å². The zero-order chi connectivity index (χ0) is 10.9. The molecule has 0 radical (unpaired) electrons. The minimum Gasteiger partial charge on any atom is -0.258 e. The van der Waals surface area contributed by atoms with E-state index in [4.69, 9.17) is 0 Å². The molecule has 0 atom stereocenters. The fraction of sp³-hybridized carbons (Fsp3) is 0.143. The smallest absolute Gasteiger partial charge is 0.258 e. The number of benzene rings is 1. The predicted molar refractivity (Wildman–Crippen MR) is 46.1 cm³/mol. The van der Waals surface area contributed by atoms with Crippen molar-refractivity contribution in [2.45, 2.75) is 11.8 Å². The van der Waals surface area contributed by atoms with E-state index >= 15 is 0 Å². The van der Waals surface area contributed by atoms with Crippen LogP contribution in [0.1, 0.15) is 5.56 Å². The minimum atomic E-state index is -4.80. The Hall–Kier alpha value is -1.50. The molecule has 0 amide bonds. The third-order valence-corrected chi connectivity index (χ3v) is 2.62. The van der Waals surface area contributed by atoms with Gasteiger partial charge in [0, 0.05) is 12.1 Å². The molecule has 0 aliphatic rings. The number of nitro groups is 1. The molecule has 1 aromatic carbocycles. The standard InChI is InChI=1S/C7H6FNO4S/c1-5-4-6(9(10)11)2-3-7(5)14(8,12)13/h2-4H,1H3. The SMILES string of the molecule is Cc1cc([N+](=O)[O-])ccc1S(=O)(=O)F. The molecule has 5 nitrogen and oxygen atoms in total. The van der Waals surface area contributed by atoms with E-state index < -0.39 is 20.0 Å². The van der Waals surface area contributed by atoms with Crippen molar-refractivity contribution in [1.82, 2.24) is 0 Å². The van der Waals surface area contributed by atoms with Gasteiger partial charge in [0.05, 0.1) is 4.92 Å². The number of rotatable bonds is 2. The van der Waals surface area contributed by atoms with E-state index in [-0.39, 0.29) is 11.3 Å². The van der Waals surface area contributed by atoms with Crippen LogP contribution in [0.25, 0.3) is 0 Å². The van der Waals surface area contributed by atoms with Gasteiger partial charge in [-0.2, -0.15) is 8.42 Å². The van der Waals surface area contributed by atoms with Crippen LogP contribution in [0.2, 0.25) is 0 Å². The summed E-state index contributed by atoms with van der Waals surface area (Å²) in [5, 5.41) is 10.3. The number of non-ortho nitro benzene ring substituents is 1. The van der Waals surface area contributed by atoms with Gasteiger partial charge in [-0.25, -0.2) is 0 Å². The highest BCUT2D eigenvalue weighted by Crippen LogP contribution is 2.22. The summed E-state index contributed by atoms with van der Waals surface area (Å²) in [4.78, 5) is 9.06. The van der Waals surface area contributed by atoms with Crippen LogP contribution in [0.15, 0.2) is 23.1 Å². The molecule has 0 unspecified atom stereocenters. The number of aryl methyl sites for hydroxylation is 1. The van der Waals surface area contributed by atoms with Crippen molar-refractivity contribution in [2.75, 3.05) is 0 Å². The lowest BCUT2D eigenvalue weighted by Crippen LogP contribution is -1.97. The van der Waals surface area contributed by atoms with E-state index in [0.29, 0.717) is 0 Å². The Morgan fingerprint density at radius 1 is 1.43 bits per heavy atom. The van der Waals surface area contributed by atoms with Crippen LogP contribution in [0.3, 0.4) is 0 Å². The van der Waals surface area contributed by atoms with E-state index in [9.17, 15) is 22.4 Å². The Morgan fingerprint density at radius 3 is 2.36 bits per heavy atom.